The van der Waals surface area contributed by atoms with Crippen molar-refractivity contribution in [3.63, 3.8) is 0 Å². The molecule has 1 aliphatic rings. The SMILES string of the molecule is O=C(c1cncnc1)C1Cc2ccccc2N1. The van der Waals surface area contributed by atoms with E-state index in [1.165, 1.54) is 11.9 Å². The topological polar surface area (TPSA) is 54.9 Å². The van der Waals surface area contributed by atoms with Crippen molar-refractivity contribution in [1.29, 1.82) is 0 Å². The van der Waals surface area contributed by atoms with Crippen LogP contribution in [0.4, 0.5) is 5.69 Å². The molecule has 1 unspecified atom stereocenters. The quantitative estimate of drug-likeness (QED) is 0.790. The normalized spacial score (nSPS) is 17.3. The highest BCUT2D eigenvalue weighted by Crippen LogP contribution is 2.26. The number of hydrogen-bond donors (Lipinski definition) is 1. The Morgan fingerprint density at radius 3 is 2.76 bits per heavy atom. The van der Waals surface area contributed by atoms with Crippen molar-refractivity contribution < 1.29 is 4.79 Å². The van der Waals surface area contributed by atoms with Gasteiger partial charge in [-0.25, -0.2) is 9.97 Å². The molecular weight excluding hydrogens is 214 g/mol. The Kier molecular flexibility index (Phi) is 2.33. The van der Waals surface area contributed by atoms with Crippen molar-refractivity contribution in [3.05, 3.63) is 54.1 Å². The maximum atomic E-state index is 12.2. The molecule has 0 radical (unpaired) electrons. The second kappa shape index (κ2) is 3.97. The van der Waals surface area contributed by atoms with Crippen LogP contribution in [0.1, 0.15) is 15.9 Å². The summed E-state index contributed by atoms with van der Waals surface area (Å²) in [6.07, 6.45) is 5.26. The molecule has 0 saturated carbocycles. The number of ketones is 1. The van der Waals surface area contributed by atoms with E-state index in [1.807, 2.05) is 24.3 Å². The van der Waals surface area contributed by atoms with Crippen LogP contribution in [0.5, 0.6) is 0 Å². The van der Waals surface area contributed by atoms with E-state index < -0.39 is 0 Å². The van der Waals surface area contributed by atoms with Crippen LogP contribution in [0.25, 0.3) is 0 Å². The highest BCUT2D eigenvalue weighted by Gasteiger charge is 2.27. The summed E-state index contributed by atoms with van der Waals surface area (Å²) in [6.45, 7) is 0. The number of aromatic nitrogens is 2. The van der Waals surface area contributed by atoms with Crippen LogP contribution in [0.2, 0.25) is 0 Å². The monoisotopic (exact) mass is 225 g/mol. The van der Waals surface area contributed by atoms with Gasteiger partial charge < -0.3 is 5.32 Å². The lowest BCUT2D eigenvalue weighted by molar-refractivity contribution is 0.0971. The van der Waals surface area contributed by atoms with Gasteiger partial charge in [0.15, 0.2) is 5.78 Å². The number of fused-ring (bicyclic) bond motifs is 1. The van der Waals surface area contributed by atoms with Crippen LogP contribution >= 0.6 is 0 Å². The first-order valence-corrected chi connectivity index (χ1v) is 5.48. The van der Waals surface area contributed by atoms with Crippen molar-refractivity contribution >= 4 is 11.5 Å². The molecule has 3 rings (SSSR count). The summed E-state index contributed by atoms with van der Waals surface area (Å²) in [4.78, 5) is 19.9. The molecular formula is C13H11N3O. The van der Waals surface area contributed by atoms with E-state index in [-0.39, 0.29) is 11.8 Å². The van der Waals surface area contributed by atoms with Gasteiger partial charge >= 0.3 is 0 Å². The first kappa shape index (κ1) is 9.96. The summed E-state index contributed by atoms with van der Waals surface area (Å²) >= 11 is 0. The molecule has 0 aliphatic carbocycles. The summed E-state index contributed by atoms with van der Waals surface area (Å²) < 4.78 is 0. The van der Waals surface area contributed by atoms with Crippen LogP contribution in [-0.2, 0) is 6.42 Å². The predicted molar refractivity (Wildman–Crippen MR) is 63.9 cm³/mol. The largest absolute Gasteiger partial charge is 0.374 e. The number of benzene rings is 1. The van der Waals surface area contributed by atoms with Crippen LogP contribution < -0.4 is 5.32 Å². The number of carbonyl (C=O) groups is 1. The summed E-state index contributed by atoms with van der Waals surface area (Å²) in [5.41, 5.74) is 2.78. The average molecular weight is 225 g/mol. The number of hydrogen-bond acceptors (Lipinski definition) is 4. The van der Waals surface area contributed by atoms with Gasteiger partial charge in [0.2, 0.25) is 0 Å². The van der Waals surface area contributed by atoms with E-state index in [2.05, 4.69) is 15.3 Å². The lowest BCUT2D eigenvalue weighted by atomic mass is 10.0. The second-order valence-corrected chi connectivity index (χ2v) is 4.05. The number of anilines is 1. The maximum Gasteiger partial charge on any atom is 0.188 e. The smallest absolute Gasteiger partial charge is 0.188 e. The zero-order valence-electron chi connectivity index (χ0n) is 9.13. The van der Waals surface area contributed by atoms with Crippen molar-refractivity contribution in [1.82, 2.24) is 9.97 Å². The van der Waals surface area contributed by atoms with Crippen LogP contribution in [0, 0.1) is 0 Å². The van der Waals surface area contributed by atoms with E-state index in [1.54, 1.807) is 12.4 Å². The van der Waals surface area contributed by atoms with Crippen LogP contribution in [-0.4, -0.2) is 21.8 Å². The number of Topliss-reactive ketones (excluding diaryl/α,β-unsaturated/α-hetero) is 1. The molecule has 4 nitrogen and oxygen atoms in total. The minimum atomic E-state index is -0.196. The average Bonchev–Trinajstić information content (AvgIpc) is 2.82. The third kappa shape index (κ3) is 1.78. The molecule has 2 heterocycles. The number of carbonyl (C=O) groups excluding carboxylic acids is 1. The number of rotatable bonds is 2. The molecule has 1 aromatic carbocycles. The van der Waals surface area contributed by atoms with Crippen molar-refractivity contribution in [3.8, 4) is 0 Å². The summed E-state index contributed by atoms with van der Waals surface area (Å²) in [6, 6.07) is 7.78. The Morgan fingerprint density at radius 2 is 2.00 bits per heavy atom. The first-order valence-electron chi connectivity index (χ1n) is 5.48. The Hall–Kier alpha value is -2.23. The minimum absolute atomic E-state index is 0.0433. The fourth-order valence-corrected chi connectivity index (χ4v) is 2.08. The molecule has 84 valence electrons. The number of nitrogens with one attached hydrogen (secondary N) is 1. The van der Waals surface area contributed by atoms with Gasteiger partial charge in [-0.15, -0.1) is 0 Å². The predicted octanol–water partition coefficient (Wildman–Crippen LogP) is 1.70. The number of para-hydroxylation sites is 1. The fourth-order valence-electron chi connectivity index (χ4n) is 2.08. The number of nitrogens with zero attached hydrogens (tertiary/aromatic N) is 2. The van der Waals surface area contributed by atoms with Crippen molar-refractivity contribution in [2.75, 3.05) is 5.32 Å². The fraction of sp³-hybridized carbons (Fsp3) is 0.154. The van der Waals surface area contributed by atoms with E-state index in [0.29, 0.717) is 5.56 Å². The molecule has 0 fully saturated rings. The highest BCUT2D eigenvalue weighted by atomic mass is 16.1. The van der Waals surface area contributed by atoms with E-state index in [0.717, 1.165) is 12.1 Å². The van der Waals surface area contributed by atoms with Gasteiger partial charge in [0.05, 0.1) is 11.6 Å². The molecule has 0 amide bonds. The molecule has 1 aromatic heterocycles. The Balaban J connectivity index is 1.84. The van der Waals surface area contributed by atoms with Gasteiger partial charge in [-0.05, 0) is 11.6 Å². The Bertz CT molecular complexity index is 529. The minimum Gasteiger partial charge on any atom is -0.374 e. The molecule has 0 saturated heterocycles. The van der Waals surface area contributed by atoms with Gasteiger partial charge in [0, 0.05) is 24.5 Å². The third-order valence-corrected chi connectivity index (χ3v) is 2.93. The standard InChI is InChI=1S/C13H11N3O/c17-13(10-6-14-8-15-7-10)12-5-9-3-1-2-4-11(9)16-12/h1-4,6-8,12,16H,5H2. The Morgan fingerprint density at radius 1 is 1.24 bits per heavy atom. The molecule has 4 heteroatoms. The zero-order chi connectivity index (χ0) is 11.7. The first-order chi connectivity index (χ1) is 8.34. The van der Waals surface area contributed by atoms with Gasteiger partial charge in [0.1, 0.15) is 6.33 Å². The zero-order valence-corrected chi connectivity index (χ0v) is 9.13. The van der Waals surface area contributed by atoms with Crippen LogP contribution in [0.3, 0.4) is 0 Å². The molecule has 1 N–H and O–H groups in total. The molecule has 0 spiro atoms. The molecule has 2 aromatic rings. The van der Waals surface area contributed by atoms with Crippen molar-refractivity contribution in [2.24, 2.45) is 0 Å². The second-order valence-electron chi connectivity index (χ2n) is 4.05. The van der Waals surface area contributed by atoms with Gasteiger partial charge in [-0.1, -0.05) is 18.2 Å². The van der Waals surface area contributed by atoms with E-state index >= 15 is 0 Å². The third-order valence-electron chi connectivity index (χ3n) is 2.93. The highest BCUT2D eigenvalue weighted by molar-refractivity contribution is 6.02. The lowest BCUT2D eigenvalue weighted by Crippen LogP contribution is -2.27. The van der Waals surface area contributed by atoms with Gasteiger partial charge in [0.25, 0.3) is 0 Å². The molecule has 17 heavy (non-hydrogen) atoms. The molecule has 1 aliphatic heterocycles. The maximum absolute atomic E-state index is 12.2. The summed E-state index contributed by atoms with van der Waals surface area (Å²) in [5.74, 6) is 0.0433. The van der Waals surface area contributed by atoms with Gasteiger partial charge in [-0.3, -0.25) is 4.79 Å². The van der Waals surface area contributed by atoms with E-state index in [4.69, 9.17) is 0 Å². The molecule has 1 atom stereocenters. The van der Waals surface area contributed by atoms with Gasteiger partial charge in [-0.2, -0.15) is 0 Å². The summed E-state index contributed by atoms with van der Waals surface area (Å²) in [5, 5.41) is 3.23. The summed E-state index contributed by atoms with van der Waals surface area (Å²) in [7, 11) is 0. The Labute approximate surface area is 98.7 Å². The molecule has 0 bridgehead atoms. The van der Waals surface area contributed by atoms with Crippen LogP contribution in [0.15, 0.2) is 43.0 Å². The lowest BCUT2D eigenvalue weighted by Gasteiger charge is -2.09. The van der Waals surface area contributed by atoms with E-state index in [9.17, 15) is 4.79 Å². The van der Waals surface area contributed by atoms with Crippen molar-refractivity contribution in [2.45, 2.75) is 12.5 Å².